The molecule has 0 unspecified atom stereocenters. The quantitative estimate of drug-likeness (QED) is 0.302. The van der Waals surface area contributed by atoms with Crippen molar-refractivity contribution in [3.63, 3.8) is 0 Å². The van der Waals surface area contributed by atoms with E-state index in [-0.39, 0.29) is 17.9 Å². The second kappa shape index (κ2) is 11.1. The van der Waals surface area contributed by atoms with Gasteiger partial charge in [0.1, 0.15) is 18.5 Å². The first-order chi connectivity index (χ1) is 14.2. The largest absolute Gasteiger partial charge is 0.493 e. The van der Waals surface area contributed by atoms with Crippen molar-refractivity contribution in [1.82, 2.24) is 0 Å². The van der Waals surface area contributed by atoms with Crippen LogP contribution in [0.3, 0.4) is 0 Å². The van der Waals surface area contributed by atoms with Crippen molar-refractivity contribution in [3.8, 4) is 11.5 Å². The maximum atomic E-state index is 11.1. The molecular weight excluding hydrogens is 447 g/mol. The van der Waals surface area contributed by atoms with Crippen molar-refractivity contribution >= 4 is 40.8 Å². The Bertz CT molecular complexity index is 827. The first-order valence-electron chi connectivity index (χ1n) is 9.38. The molecule has 162 valence electrons. The van der Waals surface area contributed by atoms with Gasteiger partial charge in [-0.25, -0.2) is 0 Å². The van der Waals surface area contributed by atoms with Gasteiger partial charge in [0.15, 0.2) is 5.75 Å². The molecule has 4 nitrogen and oxygen atoms in total. The summed E-state index contributed by atoms with van der Waals surface area (Å²) in [5, 5.41) is 0.736. The Morgan fingerprint density at radius 2 is 1.70 bits per heavy atom. The van der Waals surface area contributed by atoms with Crippen LogP contribution in [0.25, 0.3) is 0 Å². The first kappa shape index (κ1) is 24.6. The fraction of sp³-hybridized carbons (Fsp3) is 0.348. The highest BCUT2D eigenvalue weighted by Crippen LogP contribution is 2.40. The number of hydrogen-bond donors (Lipinski definition) is 0. The molecule has 0 saturated carbocycles. The van der Waals surface area contributed by atoms with Crippen LogP contribution in [-0.4, -0.2) is 31.2 Å². The summed E-state index contributed by atoms with van der Waals surface area (Å²) in [4.78, 5) is 11.1. The number of ether oxygens (including phenoxy) is 3. The summed E-state index contributed by atoms with van der Waals surface area (Å²) in [6.45, 7) is 9.64. The van der Waals surface area contributed by atoms with Crippen molar-refractivity contribution in [2.45, 2.75) is 32.3 Å². The zero-order chi connectivity index (χ0) is 22.3. The second-order valence-electron chi connectivity index (χ2n) is 7.21. The molecule has 0 aromatic heterocycles. The zero-order valence-electron chi connectivity index (χ0n) is 17.2. The molecule has 30 heavy (non-hydrogen) atoms. The van der Waals surface area contributed by atoms with Gasteiger partial charge in [-0.3, -0.25) is 4.79 Å². The van der Waals surface area contributed by atoms with Gasteiger partial charge in [0.2, 0.25) is 0 Å². The third-order valence-corrected chi connectivity index (χ3v) is 5.49. The van der Waals surface area contributed by atoms with Crippen molar-refractivity contribution in [2.24, 2.45) is 0 Å². The van der Waals surface area contributed by atoms with E-state index in [1.807, 2.05) is 36.4 Å². The summed E-state index contributed by atoms with van der Waals surface area (Å²) >= 11 is 18.7. The Kier molecular flexibility index (Phi) is 9.14. The third-order valence-electron chi connectivity index (χ3n) is 4.58. The lowest BCUT2D eigenvalue weighted by Gasteiger charge is -2.27. The minimum atomic E-state index is -0.589. The second-order valence-corrected chi connectivity index (χ2v) is 8.34. The molecule has 0 aliphatic rings. The highest BCUT2D eigenvalue weighted by atomic mass is 35.5. The average molecular weight is 472 g/mol. The summed E-state index contributed by atoms with van der Waals surface area (Å²) < 4.78 is 16.3. The van der Waals surface area contributed by atoms with Crippen LogP contribution < -0.4 is 9.47 Å². The maximum absolute atomic E-state index is 11.1. The normalized spacial score (nSPS) is 12.4. The summed E-state index contributed by atoms with van der Waals surface area (Å²) in [7, 11) is 0. The molecular formula is C23H25Cl3O4. The summed E-state index contributed by atoms with van der Waals surface area (Å²) in [6, 6.07) is 11.5. The Morgan fingerprint density at radius 3 is 2.20 bits per heavy atom. The molecule has 2 aromatic carbocycles. The molecule has 0 heterocycles. The van der Waals surface area contributed by atoms with E-state index < -0.39 is 12.1 Å². The van der Waals surface area contributed by atoms with Crippen LogP contribution in [0, 0.1) is 13.3 Å². The molecule has 0 bridgehead atoms. The standard InChI is InChI=1S/C23H25Cl3O4/c1-5-10-28-18-8-6-16(7-9-18)23(3,4)17-11-20(25)22(21(26)12-17)29-14-19(13-24)30-15(2)27/h5-9,11-12,19H,1,10,13-14H2,2-4H3/t19-/m0/s1. The molecule has 2 aromatic rings. The van der Waals surface area contributed by atoms with Gasteiger partial charge in [0.05, 0.1) is 22.5 Å². The fourth-order valence-electron chi connectivity index (χ4n) is 2.87. The predicted molar refractivity (Wildman–Crippen MR) is 122 cm³/mol. The number of rotatable bonds is 10. The number of alkyl halides is 1. The number of carbonyl (C=O) groups excluding carboxylic acids is 1. The Morgan fingerprint density at radius 1 is 1.10 bits per heavy atom. The van der Waals surface area contributed by atoms with Crippen LogP contribution in [0.2, 0.25) is 10.0 Å². The molecule has 2 rings (SSSR count). The molecule has 0 N–H and O–H groups in total. The number of halogens is 3. The molecule has 0 spiro atoms. The number of carbonyl (C=O) groups is 1. The summed E-state index contributed by atoms with van der Waals surface area (Å²) in [5.74, 6) is 0.774. The van der Waals surface area contributed by atoms with E-state index in [0.29, 0.717) is 22.4 Å². The molecule has 0 saturated heterocycles. The van der Waals surface area contributed by atoms with Gasteiger partial charge in [-0.05, 0) is 48.7 Å². The van der Waals surface area contributed by atoms with Crippen molar-refractivity contribution in [1.29, 1.82) is 0 Å². The maximum Gasteiger partial charge on any atom is 0.303 e. The number of hydrogen-bond acceptors (Lipinski definition) is 4. The van der Waals surface area contributed by atoms with Crippen molar-refractivity contribution in [3.05, 3.63) is 70.9 Å². The van der Waals surface area contributed by atoms with Gasteiger partial charge in [0, 0.05) is 12.3 Å². The first-order valence-corrected chi connectivity index (χ1v) is 10.7. The smallest absolute Gasteiger partial charge is 0.303 e. The van der Waals surface area contributed by atoms with E-state index >= 15 is 0 Å². The lowest BCUT2D eigenvalue weighted by molar-refractivity contribution is -0.146. The van der Waals surface area contributed by atoms with Gasteiger partial charge in [-0.15, -0.1) is 11.6 Å². The lowest BCUT2D eigenvalue weighted by atomic mass is 9.78. The monoisotopic (exact) mass is 470 g/mol. The van der Waals surface area contributed by atoms with Crippen LogP contribution >= 0.6 is 34.8 Å². The van der Waals surface area contributed by atoms with Crippen molar-refractivity contribution < 1.29 is 19.0 Å². The van der Waals surface area contributed by atoms with Crippen LogP contribution in [0.5, 0.6) is 11.5 Å². The Labute approximate surface area is 193 Å². The van der Waals surface area contributed by atoms with Crippen molar-refractivity contribution in [2.75, 3.05) is 19.1 Å². The van der Waals surface area contributed by atoms with E-state index in [1.165, 1.54) is 6.92 Å². The lowest BCUT2D eigenvalue weighted by Crippen LogP contribution is -2.26. The van der Waals surface area contributed by atoms with Crippen LogP contribution in [0.15, 0.2) is 36.4 Å². The van der Waals surface area contributed by atoms with Gasteiger partial charge in [-0.1, -0.05) is 49.2 Å². The van der Waals surface area contributed by atoms with Gasteiger partial charge in [-0.2, -0.15) is 0 Å². The Balaban J connectivity index is 2.20. The minimum absolute atomic E-state index is 0.0530. The molecule has 0 aliphatic heterocycles. The SMILES string of the molecule is [CH2][CH]COc1ccc(C(C)(C)c2cc(Cl)c(OC[C@H](CCl)OC(C)=O)c(Cl)c2)cc1. The van der Waals surface area contributed by atoms with Gasteiger partial charge < -0.3 is 14.2 Å². The zero-order valence-corrected chi connectivity index (χ0v) is 19.5. The fourth-order valence-corrected chi connectivity index (χ4v) is 3.62. The van der Waals surface area contributed by atoms with E-state index in [2.05, 4.69) is 20.8 Å². The van der Waals surface area contributed by atoms with E-state index in [1.54, 1.807) is 6.42 Å². The Hall–Kier alpha value is -1.62. The van der Waals surface area contributed by atoms with Crippen LogP contribution in [0.1, 0.15) is 31.9 Å². The molecule has 0 aliphatic carbocycles. The molecule has 2 radical (unpaired) electrons. The molecule has 7 heteroatoms. The summed E-state index contributed by atoms with van der Waals surface area (Å²) in [6.07, 6.45) is 1.11. The molecule has 0 fully saturated rings. The number of esters is 1. The van der Waals surface area contributed by atoms with E-state index in [4.69, 9.17) is 49.0 Å². The van der Waals surface area contributed by atoms with E-state index in [0.717, 1.165) is 16.9 Å². The number of benzene rings is 2. The molecule has 0 amide bonds. The molecule has 1 atom stereocenters. The summed E-state index contributed by atoms with van der Waals surface area (Å²) in [5.41, 5.74) is 1.64. The van der Waals surface area contributed by atoms with Gasteiger partial charge >= 0.3 is 5.97 Å². The van der Waals surface area contributed by atoms with Crippen LogP contribution in [0.4, 0.5) is 0 Å². The third kappa shape index (κ3) is 6.44. The topological polar surface area (TPSA) is 44.8 Å². The minimum Gasteiger partial charge on any atom is -0.493 e. The highest BCUT2D eigenvalue weighted by molar-refractivity contribution is 6.37. The van der Waals surface area contributed by atoms with Gasteiger partial charge in [0.25, 0.3) is 0 Å². The average Bonchev–Trinajstić information content (AvgIpc) is 2.70. The highest BCUT2D eigenvalue weighted by Gasteiger charge is 2.26. The van der Waals surface area contributed by atoms with E-state index in [9.17, 15) is 4.79 Å². The van der Waals surface area contributed by atoms with Crippen LogP contribution in [-0.2, 0) is 14.9 Å². The predicted octanol–water partition coefficient (Wildman–Crippen LogP) is 6.29.